The Balaban J connectivity index is 2.12. The number of nitro benzene ring substituents is 1. The molecule has 1 amide bonds. The lowest BCUT2D eigenvalue weighted by atomic mass is 10.1. The summed E-state index contributed by atoms with van der Waals surface area (Å²) in [6.07, 6.45) is 0.156. The third kappa shape index (κ3) is 4.21. The molecule has 0 saturated carbocycles. The number of nitrogens with one attached hydrogen (secondary N) is 2. The van der Waals surface area contributed by atoms with Crippen LogP contribution in [0.15, 0.2) is 18.2 Å². The number of benzene rings is 1. The second kappa shape index (κ2) is 7.59. The van der Waals surface area contributed by atoms with Crippen LogP contribution in [0.2, 0.25) is 0 Å². The van der Waals surface area contributed by atoms with Gasteiger partial charge in [0, 0.05) is 0 Å². The molecule has 1 fully saturated rings. The number of ether oxygens (including phenoxy) is 2. The highest BCUT2D eigenvalue weighted by Crippen LogP contribution is 2.28. The van der Waals surface area contributed by atoms with Gasteiger partial charge in [-0.2, -0.15) is 0 Å². The number of carbonyl (C=O) groups excluding carboxylic acids is 1. The minimum Gasteiger partial charge on any atom is -0.496 e. The van der Waals surface area contributed by atoms with Crippen molar-refractivity contribution in [2.75, 3.05) is 25.5 Å². The van der Waals surface area contributed by atoms with Crippen molar-refractivity contribution in [1.29, 1.82) is 0 Å². The van der Waals surface area contributed by atoms with Gasteiger partial charge in [-0.05, 0) is 32.9 Å². The monoisotopic (exact) mass is 338 g/mol. The minimum atomic E-state index is -0.533. The molecule has 1 saturated heterocycles. The fourth-order valence-electron chi connectivity index (χ4n) is 2.99. The highest BCUT2D eigenvalue weighted by Gasteiger charge is 2.33. The normalized spacial score (nSPS) is 24.9. The molecular weight excluding hydrogens is 314 g/mol. The Hall–Kier alpha value is -2.19. The summed E-state index contributed by atoms with van der Waals surface area (Å²) in [6.45, 7) is 7.24. The van der Waals surface area contributed by atoms with Crippen molar-refractivity contribution in [2.24, 2.45) is 0 Å². The zero-order chi connectivity index (χ0) is 17.9. The maximum atomic E-state index is 12.5. The predicted molar refractivity (Wildman–Crippen MR) is 88.4 cm³/mol. The number of amides is 1. The fourth-order valence-corrected chi connectivity index (χ4v) is 2.99. The molecule has 1 aliphatic rings. The molecule has 0 bridgehead atoms. The second-order valence-electron chi connectivity index (χ2n) is 6.17. The van der Waals surface area contributed by atoms with Crippen molar-refractivity contribution in [2.45, 2.75) is 39.0 Å². The number of nitrogens with zero attached hydrogens (tertiary/aromatic N) is 1. The minimum absolute atomic E-state index is 0.0781. The summed E-state index contributed by atoms with van der Waals surface area (Å²) in [7, 11) is 1.43. The predicted octanol–water partition coefficient (Wildman–Crippen LogP) is 0.623. The van der Waals surface area contributed by atoms with E-state index >= 15 is 0 Å². The Morgan fingerprint density at radius 1 is 1.42 bits per heavy atom. The van der Waals surface area contributed by atoms with Gasteiger partial charge in [-0.1, -0.05) is 0 Å². The maximum Gasteiger partial charge on any atom is 0.296 e. The van der Waals surface area contributed by atoms with Crippen LogP contribution in [0.5, 0.6) is 5.75 Å². The number of hydrogen-bond acceptors (Lipinski definition) is 5. The Kier molecular flexibility index (Phi) is 5.74. The van der Waals surface area contributed by atoms with Crippen molar-refractivity contribution in [3.63, 3.8) is 0 Å². The molecule has 1 aliphatic heterocycles. The first-order valence-electron chi connectivity index (χ1n) is 7.95. The van der Waals surface area contributed by atoms with Gasteiger partial charge in [0.15, 0.2) is 6.04 Å². The lowest BCUT2D eigenvalue weighted by Gasteiger charge is -2.35. The molecular formula is C16H24N3O5+. The van der Waals surface area contributed by atoms with E-state index in [0.717, 1.165) is 18.0 Å². The quantitative estimate of drug-likeness (QED) is 0.606. The lowest BCUT2D eigenvalue weighted by Crippen LogP contribution is -3.19. The summed E-state index contributed by atoms with van der Waals surface area (Å²) in [4.78, 5) is 24.3. The summed E-state index contributed by atoms with van der Waals surface area (Å²) >= 11 is 0. The summed E-state index contributed by atoms with van der Waals surface area (Å²) < 4.78 is 10.7. The first kappa shape index (κ1) is 18.2. The SMILES string of the molecule is COc1ccc(NC(=O)[C@H](C)[NH+]2C[C@@H](C)O[C@H](C)C2)c([N+](=O)[O-])c1. The maximum absolute atomic E-state index is 12.5. The van der Waals surface area contributed by atoms with Crippen LogP contribution in [0, 0.1) is 10.1 Å². The molecule has 0 aliphatic carbocycles. The smallest absolute Gasteiger partial charge is 0.296 e. The van der Waals surface area contributed by atoms with Gasteiger partial charge in [-0.3, -0.25) is 14.9 Å². The molecule has 0 spiro atoms. The highest BCUT2D eigenvalue weighted by molar-refractivity contribution is 5.95. The van der Waals surface area contributed by atoms with Crippen LogP contribution in [0.4, 0.5) is 11.4 Å². The number of nitro groups is 1. The van der Waals surface area contributed by atoms with Crippen LogP contribution in [-0.2, 0) is 9.53 Å². The van der Waals surface area contributed by atoms with Gasteiger partial charge in [0.05, 0.1) is 18.1 Å². The van der Waals surface area contributed by atoms with E-state index in [2.05, 4.69) is 5.32 Å². The van der Waals surface area contributed by atoms with Crippen molar-refractivity contribution in [1.82, 2.24) is 0 Å². The number of methoxy groups -OCH3 is 1. The molecule has 24 heavy (non-hydrogen) atoms. The van der Waals surface area contributed by atoms with Gasteiger partial charge >= 0.3 is 0 Å². The Bertz CT molecular complexity index is 612. The molecule has 3 atom stereocenters. The number of rotatable bonds is 5. The standard InChI is InChI=1S/C16H23N3O5/c1-10-8-18(9-11(2)24-10)12(3)16(20)17-14-6-5-13(23-4)7-15(14)19(21)22/h5-7,10-12H,8-9H2,1-4H3,(H,17,20)/p+1/t10-,11-,12+/m1/s1. The molecule has 0 unspecified atom stereocenters. The van der Waals surface area contributed by atoms with Gasteiger partial charge in [0.25, 0.3) is 11.6 Å². The van der Waals surface area contributed by atoms with Gasteiger partial charge in [-0.25, -0.2) is 0 Å². The summed E-state index contributed by atoms with van der Waals surface area (Å²) in [5, 5.41) is 13.9. The van der Waals surface area contributed by atoms with Crippen LogP contribution < -0.4 is 15.0 Å². The second-order valence-corrected chi connectivity index (χ2v) is 6.17. The third-order valence-corrected chi connectivity index (χ3v) is 4.23. The van der Waals surface area contributed by atoms with E-state index in [1.165, 1.54) is 19.2 Å². The van der Waals surface area contributed by atoms with Crippen LogP contribution in [0.3, 0.4) is 0 Å². The number of anilines is 1. The first-order chi connectivity index (χ1) is 11.3. The van der Waals surface area contributed by atoms with Crippen molar-refractivity contribution in [3.05, 3.63) is 28.3 Å². The number of hydrogen-bond donors (Lipinski definition) is 2. The lowest BCUT2D eigenvalue weighted by molar-refractivity contribution is -0.928. The molecule has 0 radical (unpaired) electrons. The van der Waals surface area contributed by atoms with Crippen molar-refractivity contribution in [3.8, 4) is 5.75 Å². The van der Waals surface area contributed by atoms with Gasteiger partial charge in [0.1, 0.15) is 36.7 Å². The molecule has 1 aromatic carbocycles. The number of carbonyl (C=O) groups is 1. The summed E-state index contributed by atoms with van der Waals surface area (Å²) in [6, 6.07) is 4.03. The molecule has 0 aromatic heterocycles. The molecule has 132 valence electrons. The molecule has 1 aromatic rings. The molecule has 2 rings (SSSR count). The zero-order valence-electron chi connectivity index (χ0n) is 14.4. The van der Waals surface area contributed by atoms with E-state index < -0.39 is 4.92 Å². The molecule has 8 nitrogen and oxygen atoms in total. The van der Waals surface area contributed by atoms with Crippen LogP contribution in [-0.4, -0.2) is 49.3 Å². The van der Waals surface area contributed by atoms with Crippen LogP contribution >= 0.6 is 0 Å². The van der Waals surface area contributed by atoms with Crippen molar-refractivity contribution < 1.29 is 24.1 Å². The average molecular weight is 338 g/mol. The Labute approximate surface area is 140 Å². The average Bonchev–Trinajstić information content (AvgIpc) is 2.53. The molecule has 1 heterocycles. The van der Waals surface area contributed by atoms with Crippen LogP contribution in [0.1, 0.15) is 20.8 Å². The fraction of sp³-hybridized carbons (Fsp3) is 0.562. The van der Waals surface area contributed by atoms with Gasteiger partial charge in [0.2, 0.25) is 0 Å². The van der Waals surface area contributed by atoms with E-state index in [-0.39, 0.29) is 35.5 Å². The zero-order valence-corrected chi connectivity index (χ0v) is 14.4. The van der Waals surface area contributed by atoms with E-state index in [4.69, 9.17) is 9.47 Å². The largest absolute Gasteiger partial charge is 0.496 e. The molecule has 8 heteroatoms. The third-order valence-electron chi connectivity index (χ3n) is 4.23. The van der Waals surface area contributed by atoms with Gasteiger partial charge < -0.3 is 19.7 Å². The Morgan fingerprint density at radius 2 is 2.04 bits per heavy atom. The number of quaternary nitrogens is 1. The molecule has 2 N–H and O–H groups in total. The number of morpholine rings is 1. The van der Waals surface area contributed by atoms with Gasteiger partial charge in [-0.15, -0.1) is 0 Å². The van der Waals surface area contributed by atoms with Crippen LogP contribution in [0.25, 0.3) is 0 Å². The van der Waals surface area contributed by atoms with E-state index in [0.29, 0.717) is 5.75 Å². The Morgan fingerprint density at radius 3 is 2.58 bits per heavy atom. The van der Waals surface area contributed by atoms with E-state index in [1.54, 1.807) is 6.07 Å². The van der Waals surface area contributed by atoms with E-state index in [1.807, 2.05) is 20.8 Å². The highest BCUT2D eigenvalue weighted by atomic mass is 16.6. The van der Waals surface area contributed by atoms with E-state index in [9.17, 15) is 14.9 Å². The van der Waals surface area contributed by atoms with Crippen molar-refractivity contribution >= 4 is 17.3 Å². The summed E-state index contributed by atoms with van der Waals surface area (Å²) in [5.41, 5.74) is -0.0139. The topological polar surface area (TPSA) is 95.1 Å². The first-order valence-corrected chi connectivity index (χ1v) is 7.95. The summed E-state index contributed by atoms with van der Waals surface area (Å²) in [5.74, 6) is 0.119.